The first-order valence-electron chi connectivity index (χ1n) is 5.90. The molecule has 0 aliphatic heterocycles. The van der Waals surface area contributed by atoms with Gasteiger partial charge in [0, 0.05) is 18.0 Å². The maximum Gasteiger partial charge on any atom is 0.365 e. The first-order valence-corrected chi connectivity index (χ1v) is 5.90. The number of hydrogen-bond donors (Lipinski definition) is 0. The molecule has 0 bridgehead atoms. The third-order valence-corrected chi connectivity index (χ3v) is 2.60. The Bertz CT molecular complexity index is 607. The van der Waals surface area contributed by atoms with Crippen LogP contribution in [0.3, 0.4) is 0 Å². The van der Waals surface area contributed by atoms with Crippen molar-refractivity contribution in [1.82, 2.24) is 4.98 Å². The van der Waals surface area contributed by atoms with Crippen LogP contribution in [-0.4, -0.2) is 16.7 Å². The van der Waals surface area contributed by atoms with E-state index in [1.807, 2.05) is 25.1 Å². The van der Waals surface area contributed by atoms with E-state index >= 15 is 0 Å². The average molecular weight is 254 g/mol. The van der Waals surface area contributed by atoms with Gasteiger partial charge in [0.05, 0.1) is 11.3 Å². The lowest BCUT2D eigenvalue weighted by Gasteiger charge is -2.01. The first kappa shape index (κ1) is 13.0. The van der Waals surface area contributed by atoms with Crippen LogP contribution in [0.5, 0.6) is 0 Å². The highest BCUT2D eigenvalue weighted by Gasteiger charge is 2.07. The Hall–Kier alpha value is -2.49. The molecule has 4 nitrogen and oxygen atoms in total. The molecule has 0 saturated heterocycles. The monoisotopic (exact) mass is 254 g/mol. The van der Waals surface area contributed by atoms with Crippen LogP contribution in [-0.2, 0) is 4.84 Å². The molecule has 0 spiro atoms. The van der Waals surface area contributed by atoms with Crippen molar-refractivity contribution in [3.8, 4) is 0 Å². The summed E-state index contributed by atoms with van der Waals surface area (Å²) in [4.78, 5) is 20.7. The molecule has 19 heavy (non-hydrogen) atoms. The van der Waals surface area contributed by atoms with Crippen molar-refractivity contribution >= 4 is 11.7 Å². The van der Waals surface area contributed by atoms with Gasteiger partial charge in [-0.3, -0.25) is 4.98 Å². The van der Waals surface area contributed by atoms with Crippen molar-refractivity contribution in [2.45, 2.75) is 13.8 Å². The third-order valence-electron chi connectivity index (χ3n) is 2.60. The van der Waals surface area contributed by atoms with Crippen molar-refractivity contribution in [2.24, 2.45) is 5.16 Å². The summed E-state index contributed by atoms with van der Waals surface area (Å²) < 4.78 is 0. The van der Waals surface area contributed by atoms with E-state index in [4.69, 9.17) is 4.84 Å². The zero-order valence-electron chi connectivity index (χ0n) is 10.8. The van der Waals surface area contributed by atoms with E-state index < -0.39 is 5.97 Å². The minimum absolute atomic E-state index is 0.466. The van der Waals surface area contributed by atoms with Crippen LogP contribution in [0.25, 0.3) is 0 Å². The van der Waals surface area contributed by atoms with Gasteiger partial charge in [-0.05, 0) is 38.1 Å². The normalized spacial score (nSPS) is 11.2. The Kier molecular flexibility index (Phi) is 4.03. The molecule has 2 rings (SSSR count). The van der Waals surface area contributed by atoms with Crippen LogP contribution in [0.1, 0.15) is 28.4 Å². The van der Waals surface area contributed by atoms with Gasteiger partial charge in [-0.1, -0.05) is 22.9 Å². The fourth-order valence-corrected chi connectivity index (χ4v) is 1.56. The molecule has 1 aromatic heterocycles. The van der Waals surface area contributed by atoms with Gasteiger partial charge in [-0.15, -0.1) is 0 Å². The number of hydrogen-bond acceptors (Lipinski definition) is 4. The van der Waals surface area contributed by atoms with Crippen LogP contribution in [0.4, 0.5) is 0 Å². The zero-order valence-corrected chi connectivity index (χ0v) is 10.8. The molecule has 1 heterocycles. The number of carbonyl (C=O) groups excluding carboxylic acids is 1. The number of carbonyl (C=O) groups is 1. The quantitative estimate of drug-likeness (QED) is 0.480. The Balaban J connectivity index is 2.08. The van der Waals surface area contributed by atoms with Crippen molar-refractivity contribution in [3.05, 3.63) is 65.5 Å². The van der Waals surface area contributed by atoms with Crippen LogP contribution in [0, 0.1) is 6.92 Å². The largest absolute Gasteiger partial charge is 0.365 e. The fraction of sp³-hybridized carbons (Fsp3) is 0.133. The molecule has 0 N–H and O–H groups in total. The smallest absolute Gasteiger partial charge is 0.313 e. The second kappa shape index (κ2) is 5.91. The van der Waals surface area contributed by atoms with E-state index in [1.54, 1.807) is 37.5 Å². The van der Waals surface area contributed by atoms with Gasteiger partial charge in [-0.25, -0.2) is 4.79 Å². The maximum absolute atomic E-state index is 11.8. The minimum atomic E-state index is -0.466. The van der Waals surface area contributed by atoms with Crippen molar-refractivity contribution in [1.29, 1.82) is 0 Å². The van der Waals surface area contributed by atoms with Crippen LogP contribution in [0.15, 0.2) is 53.9 Å². The van der Waals surface area contributed by atoms with E-state index in [9.17, 15) is 4.79 Å². The molecule has 96 valence electrons. The van der Waals surface area contributed by atoms with Crippen LogP contribution in [0.2, 0.25) is 0 Å². The molecule has 1 aromatic carbocycles. The van der Waals surface area contributed by atoms with Gasteiger partial charge < -0.3 is 4.84 Å². The lowest BCUT2D eigenvalue weighted by molar-refractivity contribution is 0.0516. The van der Waals surface area contributed by atoms with Crippen molar-refractivity contribution in [3.63, 3.8) is 0 Å². The number of oxime groups is 1. The maximum atomic E-state index is 11.8. The molecular formula is C15H14N2O2. The number of aromatic nitrogens is 1. The summed E-state index contributed by atoms with van der Waals surface area (Å²) in [5, 5.41) is 3.83. The van der Waals surface area contributed by atoms with E-state index in [2.05, 4.69) is 10.1 Å². The Morgan fingerprint density at radius 1 is 1.21 bits per heavy atom. The van der Waals surface area contributed by atoms with Crippen molar-refractivity contribution in [2.75, 3.05) is 0 Å². The second-order valence-corrected chi connectivity index (χ2v) is 4.17. The third kappa shape index (κ3) is 3.48. The predicted molar refractivity (Wildman–Crippen MR) is 73.0 cm³/mol. The highest BCUT2D eigenvalue weighted by Crippen LogP contribution is 2.06. The fourth-order valence-electron chi connectivity index (χ4n) is 1.56. The molecule has 2 aromatic rings. The minimum Gasteiger partial charge on any atom is -0.313 e. The molecule has 4 heteroatoms. The lowest BCUT2D eigenvalue weighted by atomic mass is 10.1. The molecule has 0 fully saturated rings. The number of benzene rings is 1. The van der Waals surface area contributed by atoms with Gasteiger partial charge in [0.15, 0.2) is 0 Å². The number of rotatable bonds is 3. The van der Waals surface area contributed by atoms with Gasteiger partial charge >= 0.3 is 5.97 Å². The topological polar surface area (TPSA) is 51.5 Å². The zero-order chi connectivity index (χ0) is 13.7. The van der Waals surface area contributed by atoms with Crippen molar-refractivity contribution < 1.29 is 9.63 Å². The number of aryl methyl sites for hydroxylation is 1. The summed E-state index contributed by atoms with van der Waals surface area (Å²) in [5.74, 6) is -0.466. The van der Waals surface area contributed by atoms with E-state index in [0.29, 0.717) is 11.3 Å². The predicted octanol–water partition coefficient (Wildman–Crippen LogP) is 2.97. The highest BCUT2D eigenvalue weighted by atomic mass is 16.7. The van der Waals surface area contributed by atoms with E-state index in [1.165, 1.54) is 0 Å². The summed E-state index contributed by atoms with van der Waals surface area (Å²) in [6.07, 6.45) is 3.34. The van der Waals surface area contributed by atoms with Gasteiger partial charge in [0.25, 0.3) is 0 Å². The highest BCUT2D eigenvalue weighted by molar-refractivity contribution is 5.99. The Morgan fingerprint density at radius 3 is 2.68 bits per heavy atom. The molecule has 0 atom stereocenters. The lowest BCUT2D eigenvalue weighted by Crippen LogP contribution is -2.04. The standard InChI is InChI=1S/C15H14N2O2/c1-11-5-3-6-13(9-11)15(18)19-17-12(2)14-7-4-8-16-10-14/h3-10H,1-2H3/b17-12+. The van der Waals surface area contributed by atoms with Gasteiger partial charge in [0.1, 0.15) is 0 Å². The number of nitrogens with zero attached hydrogens (tertiary/aromatic N) is 2. The Labute approximate surface area is 111 Å². The summed E-state index contributed by atoms with van der Waals surface area (Å²) >= 11 is 0. The Morgan fingerprint density at radius 2 is 2.00 bits per heavy atom. The number of pyridine rings is 1. The summed E-state index contributed by atoms with van der Waals surface area (Å²) in [5.41, 5.74) is 2.92. The molecule has 0 unspecified atom stereocenters. The van der Waals surface area contributed by atoms with E-state index in [-0.39, 0.29) is 0 Å². The average Bonchev–Trinajstić information content (AvgIpc) is 2.45. The summed E-state index contributed by atoms with van der Waals surface area (Å²) in [7, 11) is 0. The molecule has 0 saturated carbocycles. The van der Waals surface area contributed by atoms with Crippen LogP contribution < -0.4 is 0 Å². The second-order valence-electron chi connectivity index (χ2n) is 4.17. The van der Waals surface area contributed by atoms with E-state index in [0.717, 1.165) is 11.1 Å². The molecular weight excluding hydrogens is 240 g/mol. The summed E-state index contributed by atoms with van der Waals surface area (Å²) in [6, 6.07) is 10.8. The first-order chi connectivity index (χ1) is 9.16. The summed E-state index contributed by atoms with van der Waals surface area (Å²) in [6.45, 7) is 3.68. The van der Waals surface area contributed by atoms with Gasteiger partial charge in [0.2, 0.25) is 0 Å². The molecule has 0 radical (unpaired) electrons. The molecule has 0 aliphatic rings. The molecule has 0 amide bonds. The van der Waals surface area contributed by atoms with Gasteiger partial charge in [-0.2, -0.15) is 0 Å². The SMILES string of the molecule is C/C(=N\OC(=O)c1cccc(C)c1)c1cccnc1. The van der Waals surface area contributed by atoms with Crippen LogP contribution >= 0.6 is 0 Å². The molecule has 0 aliphatic carbocycles.